The molecule has 0 aliphatic carbocycles. The van der Waals surface area contributed by atoms with Crippen LogP contribution < -0.4 is 5.32 Å². The molecule has 0 saturated heterocycles. The highest BCUT2D eigenvalue weighted by molar-refractivity contribution is 7.55. The quantitative estimate of drug-likeness (QED) is 0.502. The summed E-state index contributed by atoms with van der Waals surface area (Å²) in [7, 11) is -1.78. The minimum atomic E-state index is -4.00. The van der Waals surface area contributed by atoms with Crippen molar-refractivity contribution in [2.45, 2.75) is 19.0 Å². The van der Waals surface area contributed by atoms with Gasteiger partial charge in [0.2, 0.25) is 5.78 Å². The number of alkyl carbamates (subject to hydrolysis) is 1. The SMILES string of the molecule is COP(=O)(OC)[C@H](NC(=O)OCc1ccccc1)C(=O)OCc1ccccc1. The minimum absolute atomic E-state index is 0.0251. The second-order valence-electron chi connectivity index (χ2n) is 5.61. The van der Waals surface area contributed by atoms with E-state index in [1.54, 1.807) is 48.5 Å². The van der Waals surface area contributed by atoms with Gasteiger partial charge in [-0.15, -0.1) is 0 Å². The van der Waals surface area contributed by atoms with Gasteiger partial charge in [0.05, 0.1) is 0 Å². The number of amides is 1. The molecule has 0 saturated carbocycles. The van der Waals surface area contributed by atoms with Gasteiger partial charge < -0.3 is 18.5 Å². The van der Waals surface area contributed by atoms with Gasteiger partial charge in [-0.2, -0.15) is 0 Å². The summed E-state index contributed by atoms with van der Waals surface area (Å²) in [6.07, 6.45) is -0.958. The lowest BCUT2D eigenvalue weighted by molar-refractivity contribution is -0.145. The maximum atomic E-state index is 12.7. The van der Waals surface area contributed by atoms with E-state index in [9.17, 15) is 14.2 Å². The Kier molecular flexibility index (Phi) is 8.19. The molecule has 0 aliphatic heterocycles. The lowest BCUT2D eigenvalue weighted by Gasteiger charge is -2.23. The van der Waals surface area contributed by atoms with E-state index in [2.05, 4.69) is 5.32 Å². The highest BCUT2D eigenvalue weighted by atomic mass is 31.2. The summed E-state index contributed by atoms with van der Waals surface area (Å²) in [5.41, 5.74) is 1.48. The molecule has 2 rings (SSSR count). The van der Waals surface area contributed by atoms with Crippen LogP contribution in [-0.4, -0.2) is 32.1 Å². The average molecular weight is 407 g/mol. The lowest BCUT2D eigenvalue weighted by Crippen LogP contribution is -2.42. The van der Waals surface area contributed by atoms with E-state index < -0.39 is 25.4 Å². The van der Waals surface area contributed by atoms with Crippen LogP contribution in [0.25, 0.3) is 0 Å². The van der Waals surface area contributed by atoms with Crippen LogP contribution in [0.3, 0.4) is 0 Å². The Labute approximate surface area is 163 Å². The Morgan fingerprint density at radius 1 is 0.857 bits per heavy atom. The molecule has 0 spiro atoms. The van der Waals surface area contributed by atoms with Crippen molar-refractivity contribution < 1.29 is 32.7 Å². The molecule has 1 atom stereocenters. The Hall–Kier alpha value is -2.67. The first kappa shape index (κ1) is 21.6. The van der Waals surface area contributed by atoms with Crippen LogP contribution in [0, 0.1) is 0 Å². The molecular formula is C19H22NO7P. The van der Waals surface area contributed by atoms with Crippen LogP contribution in [0.4, 0.5) is 4.79 Å². The third-order valence-corrected chi connectivity index (χ3v) is 5.73. The van der Waals surface area contributed by atoms with Gasteiger partial charge in [-0.25, -0.2) is 9.59 Å². The Bertz CT molecular complexity index is 806. The monoisotopic (exact) mass is 407 g/mol. The summed E-state index contributed by atoms with van der Waals surface area (Å²) >= 11 is 0. The molecule has 1 N–H and O–H groups in total. The summed E-state index contributed by atoms with van der Waals surface area (Å²) in [5, 5.41) is 2.22. The molecule has 28 heavy (non-hydrogen) atoms. The molecule has 0 bridgehead atoms. The summed E-state index contributed by atoms with van der Waals surface area (Å²) < 4.78 is 32.6. The molecule has 150 valence electrons. The van der Waals surface area contributed by atoms with Crippen LogP contribution in [0.5, 0.6) is 0 Å². The molecule has 0 fully saturated rings. The Morgan fingerprint density at radius 2 is 1.32 bits per heavy atom. The topological polar surface area (TPSA) is 100 Å². The maximum absolute atomic E-state index is 12.7. The molecule has 0 heterocycles. The van der Waals surface area contributed by atoms with Gasteiger partial charge in [0.1, 0.15) is 13.2 Å². The normalized spacial score (nSPS) is 12.1. The van der Waals surface area contributed by atoms with Gasteiger partial charge >= 0.3 is 19.7 Å². The number of carbonyl (C=O) groups is 2. The van der Waals surface area contributed by atoms with E-state index in [1.807, 2.05) is 12.1 Å². The van der Waals surface area contributed by atoms with Crippen LogP contribution in [-0.2, 0) is 41.1 Å². The average Bonchev–Trinajstić information content (AvgIpc) is 2.75. The molecule has 0 radical (unpaired) electrons. The number of ether oxygens (including phenoxy) is 2. The second kappa shape index (κ2) is 10.6. The molecular weight excluding hydrogens is 385 g/mol. The van der Waals surface area contributed by atoms with Crippen molar-refractivity contribution in [3.8, 4) is 0 Å². The van der Waals surface area contributed by atoms with Crippen LogP contribution in [0.1, 0.15) is 11.1 Å². The van der Waals surface area contributed by atoms with Gasteiger partial charge in [0.15, 0.2) is 0 Å². The third kappa shape index (κ3) is 6.20. The minimum Gasteiger partial charge on any atom is -0.459 e. The fraction of sp³-hybridized carbons (Fsp3) is 0.263. The van der Waals surface area contributed by atoms with E-state index in [0.717, 1.165) is 25.3 Å². The fourth-order valence-electron chi connectivity index (χ4n) is 2.24. The van der Waals surface area contributed by atoms with Crippen molar-refractivity contribution in [3.05, 3.63) is 71.8 Å². The van der Waals surface area contributed by atoms with Gasteiger partial charge in [0.25, 0.3) is 0 Å². The van der Waals surface area contributed by atoms with Crippen molar-refractivity contribution in [1.82, 2.24) is 5.32 Å². The lowest BCUT2D eigenvalue weighted by atomic mass is 10.2. The van der Waals surface area contributed by atoms with Crippen LogP contribution in [0.15, 0.2) is 60.7 Å². The molecule has 9 heteroatoms. The van der Waals surface area contributed by atoms with Crippen molar-refractivity contribution >= 4 is 19.7 Å². The second-order valence-corrected chi connectivity index (χ2v) is 7.93. The summed E-state index contributed by atoms with van der Waals surface area (Å²) in [5.74, 6) is -2.64. The van der Waals surface area contributed by atoms with E-state index in [1.165, 1.54) is 0 Å². The van der Waals surface area contributed by atoms with Crippen LogP contribution in [0.2, 0.25) is 0 Å². The van der Waals surface area contributed by atoms with E-state index in [-0.39, 0.29) is 13.2 Å². The zero-order chi connectivity index (χ0) is 20.4. The highest BCUT2D eigenvalue weighted by Gasteiger charge is 2.43. The number of benzene rings is 2. The fourth-order valence-corrected chi connectivity index (χ4v) is 3.40. The number of rotatable bonds is 9. The van der Waals surface area contributed by atoms with Gasteiger partial charge in [0, 0.05) is 14.2 Å². The number of carbonyl (C=O) groups excluding carboxylic acids is 2. The molecule has 0 unspecified atom stereocenters. The maximum Gasteiger partial charge on any atom is 0.408 e. The Balaban J connectivity index is 2.02. The van der Waals surface area contributed by atoms with E-state index >= 15 is 0 Å². The van der Waals surface area contributed by atoms with Crippen molar-refractivity contribution in [3.63, 3.8) is 0 Å². The van der Waals surface area contributed by atoms with Gasteiger partial charge in [-0.1, -0.05) is 60.7 Å². The predicted octanol–water partition coefficient (Wildman–Crippen LogP) is 3.47. The van der Waals surface area contributed by atoms with Crippen LogP contribution >= 0.6 is 7.60 Å². The van der Waals surface area contributed by atoms with Gasteiger partial charge in [-0.05, 0) is 11.1 Å². The standard InChI is InChI=1S/C19H22NO7P/c1-24-28(23,25-2)17(18(21)26-13-15-9-5-3-6-10-15)20-19(22)27-14-16-11-7-4-8-12-16/h3-12,17H,13-14H2,1-2H3,(H,20,22)/t17-/m0/s1. The number of hydrogen-bond donors (Lipinski definition) is 1. The number of esters is 1. The van der Waals surface area contributed by atoms with Crippen molar-refractivity contribution in [2.75, 3.05) is 14.2 Å². The van der Waals surface area contributed by atoms with E-state index in [4.69, 9.17) is 18.5 Å². The highest BCUT2D eigenvalue weighted by Crippen LogP contribution is 2.50. The molecule has 2 aromatic rings. The van der Waals surface area contributed by atoms with Crippen molar-refractivity contribution in [1.29, 1.82) is 0 Å². The molecule has 1 amide bonds. The largest absolute Gasteiger partial charge is 0.459 e. The molecule has 8 nitrogen and oxygen atoms in total. The third-order valence-electron chi connectivity index (χ3n) is 3.74. The summed E-state index contributed by atoms with van der Waals surface area (Å²) in [6, 6.07) is 17.9. The molecule has 0 aliphatic rings. The first-order valence-electron chi connectivity index (χ1n) is 8.37. The first-order chi connectivity index (χ1) is 13.5. The van der Waals surface area contributed by atoms with Crippen molar-refractivity contribution in [2.24, 2.45) is 0 Å². The summed E-state index contributed by atoms with van der Waals surface area (Å²) in [4.78, 5) is 24.6. The summed E-state index contributed by atoms with van der Waals surface area (Å²) in [6.45, 7) is -0.0902. The molecule has 2 aromatic carbocycles. The smallest absolute Gasteiger partial charge is 0.408 e. The van der Waals surface area contributed by atoms with Gasteiger partial charge in [-0.3, -0.25) is 9.88 Å². The zero-order valence-corrected chi connectivity index (χ0v) is 16.5. The predicted molar refractivity (Wildman–Crippen MR) is 101 cm³/mol. The van der Waals surface area contributed by atoms with E-state index in [0.29, 0.717) is 0 Å². The molecule has 0 aromatic heterocycles. The Morgan fingerprint density at radius 3 is 1.79 bits per heavy atom. The number of nitrogens with one attached hydrogen (secondary N) is 1. The zero-order valence-electron chi connectivity index (χ0n) is 15.6. The number of hydrogen-bond acceptors (Lipinski definition) is 7. The first-order valence-corrected chi connectivity index (χ1v) is 9.98.